The van der Waals surface area contributed by atoms with E-state index in [2.05, 4.69) is 10.9 Å². The summed E-state index contributed by atoms with van der Waals surface area (Å²) in [4.78, 5) is 0. The van der Waals surface area contributed by atoms with Crippen LogP contribution in [0.3, 0.4) is 0 Å². The van der Waals surface area contributed by atoms with Gasteiger partial charge in [-0.3, -0.25) is 0 Å². The molecule has 0 radical (unpaired) electrons. The molecule has 5 nitrogen and oxygen atoms in total. The molecule has 5 heteroatoms. The molecule has 0 fully saturated rings. The summed E-state index contributed by atoms with van der Waals surface area (Å²) in [6, 6.07) is 0. The van der Waals surface area contributed by atoms with Gasteiger partial charge in [-0.1, -0.05) is 0 Å². The van der Waals surface area contributed by atoms with Crippen LogP contribution in [0.15, 0.2) is 0 Å². The lowest BCUT2D eigenvalue weighted by atomic mass is 11.3. The van der Waals surface area contributed by atoms with Gasteiger partial charge in [0.1, 0.15) is 6.73 Å². The third-order valence-corrected chi connectivity index (χ3v) is 0.467. The maximum absolute atomic E-state index is 10.0. The first-order valence-corrected chi connectivity index (χ1v) is 1.87. The van der Waals surface area contributed by atoms with Crippen molar-refractivity contribution in [2.45, 2.75) is 0 Å². The van der Waals surface area contributed by atoms with Gasteiger partial charge < -0.3 is 10.3 Å². The van der Waals surface area contributed by atoms with E-state index >= 15 is 0 Å². The van der Waals surface area contributed by atoms with Crippen LogP contribution in [0.5, 0.6) is 0 Å². The average Bonchev–Trinajstić information content (AvgIpc) is 1.68. The van der Waals surface area contributed by atoms with Crippen molar-refractivity contribution in [3.05, 3.63) is 5.21 Å². The van der Waals surface area contributed by atoms with Crippen molar-refractivity contribution in [2.24, 2.45) is 0 Å². The van der Waals surface area contributed by atoms with Crippen molar-refractivity contribution in [2.75, 3.05) is 13.8 Å². The second kappa shape index (κ2) is 3.97. The number of nitrogens with one attached hydrogen (secondary N) is 3. The first-order valence-electron chi connectivity index (χ1n) is 1.87. The molecule has 0 saturated carbocycles. The van der Waals surface area contributed by atoms with Crippen LogP contribution in [0.2, 0.25) is 0 Å². The van der Waals surface area contributed by atoms with Gasteiger partial charge in [-0.25, -0.2) is 5.28 Å². The summed E-state index contributed by atoms with van der Waals surface area (Å²) in [6.45, 7) is -0.320. The molecule has 0 aliphatic carbocycles. The fourth-order valence-corrected chi connectivity index (χ4v) is 0.160. The maximum Gasteiger partial charge on any atom is 0.141 e. The van der Waals surface area contributed by atoms with Gasteiger partial charge in [0.05, 0.1) is 0 Å². The molecule has 0 aliphatic rings. The van der Waals surface area contributed by atoms with Gasteiger partial charge in [0.2, 0.25) is 0 Å². The number of hydrogen-bond acceptors (Lipinski definition) is 4. The molecule has 0 amide bonds. The van der Waals surface area contributed by atoms with Crippen LogP contribution in [-0.2, 0) is 0 Å². The van der Waals surface area contributed by atoms with E-state index in [0.29, 0.717) is 0 Å². The van der Waals surface area contributed by atoms with Gasteiger partial charge >= 0.3 is 0 Å². The average molecular weight is 107 g/mol. The number of aliphatic hydroxyl groups excluding tert-OH is 1. The Morgan fingerprint density at radius 2 is 2.43 bits per heavy atom. The molecule has 44 valence electrons. The first kappa shape index (κ1) is 6.80. The van der Waals surface area contributed by atoms with Crippen LogP contribution >= 0.6 is 0 Å². The molecule has 0 saturated heterocycles. The van der Waals surface area contributed by atoms with Crippen LogP contribution in [0, 0.1) is 5.21 Å². The largest absolute Gasteiger partial charge is 0.593 e. The SMILES string of the molecule is CN[NH+]([O-])NCO. The smallest absolute Gasteiger partial charge is 0.141 e. The number of quaternary nitrogens is 1. The molecule has 0 aliphatic heterocycles. The van der Waals surface area contributed by atoms with E-state index < -0.39 is 0 Å². The summed E-state index contributed by atoms with van der Waals surface area (Å²) in [5.41, 5.74) is 4.36. The Morgan fingerprint density at radius 1 is 1.86 bits per heavy atom. The summed E-state index contributed by atoms with van der Waals surface area (Å²) in [5.74, 6) is 0. The number of aliphatic hydroxyl groups is 1. The third-order valence-electron chi connectivity index (χ3n) is 0.467. The predicted octanol–water partition coefficient (Wildman–Crippen LogP) is -3.04. The Hall–Kier alpha value is -0.200. The minimum atomic E-state index is -0.373. The number of rotatable bonds is 3. The van der Waals surface area contributed by atoms with Gasteiger partial charge in [0.25, 0.3) is 0 Å². The lowest BCUT2D eigenvalue weighted by Crippen LogP contribution is -3.20. The summed E-state index contributed by atoms with van der Waals surface area (Å²) in [6.07, 6.45) is 0. The zero-order valence-corrected chi connectivity index (χ0v) is 4.06. The zero-order valence-electron chi connectivity index (χ0n) is 4.06. The van der Waals surface area contributed by atoms with Gasteiger partial charge in [-0.05, 0) is 0 Å². The molecule has 0 aromatic rings. The van der Waals surface area contributed by atoms with Crippen LogP contribution < -0.4 is 16.1 Å². The third kappa shape index (κ3) is 3.64. The lowest BCUT2D eigenvalue weighted by molar-refractivity contribution is -0.941. The highest BCUT2D eigenvalue weighted by atomic mass is 16.6. The van der Waals surface area contributed by atoms with E-state index in [1.165, 1.54) is 7.05 Å². The molecule has 7 heavy (non-hydrogen) atoms. The second-order valence-corrected chi connectivity index (χ2v) is 0.914. The molecule has 1 unspecified atom stereocenters. The fraction of sp³-hybridized carbons (Fsp3) is 1.00. The van der Waals surface area contributed by atoms with Crippen LogP contribution in [0.1, 0.15) is 0 Å². The van der Waals surface area contributed by atoms with Crippen LogP contribution in [0.25, 0.3) is 0 Å². The molecule has 0 heterocycles. The molecule has 0 rings (SSSR count). The quantitative estimate of drug-likeness (QED) is 0.228. The van der Waals surface area contributed by atoms with Gasteiger partial charge in [-0.2, -0.15) is 5.43 Å². The van der Waals surface area contributed by atoms with Crippen molar-refractivity contribution >= 4 is 0 Å². The van der Waals surface area contributed by atoms with Crippen LogP contribution in [-0.4, -0.2) is 18.9 Å². The Morgan fingerprint density at radius 3 is 2.57 bits per heavy atom. The van der Waals surface area contributed by atoms with Crippen molar-refractivity contribution < 1.29 is 10.4 Å². The molecule has 0 aromatic carbocycles. The summed E-state index contributed by atoms with van der Waals surface area (Å²) in [7, 11) is 1.48. The first-order chi connectivity index (χ1) is 3.31. The molecule has 0 aromatic heterocycles. The number of hydrogen-bond donors (Lipinski definition) is 4. The highest BCUT2D eigenvalue weighted by molar-refractivity contribution is 3.99. The van der Waals surface area contributed by atoms with Gasteiger partial charge in [0, 0.05) is 7.05 Å². The van der Waals surface area contributed by atoms with E-state index in [0.717, 1.165) is 0 Å². The monoisotopic (exact) mass is 107 g/mol. The highest BCUT2D eigenvalue weighted by Crippen LogP contribution is 1.23. The zero-order chi connectivity index (χ0) is 5.70. The predicted molar refractivity (Wildman–Crippen MR) is 23.6 cm³/mol. The Labute approximate surface area is 41.4 Å². The van der Waals surface area contributed by atoms with Gasteiger partial charge in [-0.15, -0.1) is 5.43 Å². The normalized spacial score (nSPS) is 14.1. The fourth-order valence-electron chi connectivity index (χ4n) is 0.160. The highest BCUT2D eigenvalue weighted by Gasteiger charge is 1.82. The standard InChI is InChI=1S/C2H9N3O2/c1-3-5(7)4-2-6/h3-6H,2H2,1H3. The van der Waals surface area contributed by atoms with Crippen molar-refractivity contribution in [3.63, 3.8) is 0 Å². The molecular formula is C2H9N3O2. The minimum Gasteiger partial charge on any atom is -0.593 e. The van der Waals surface area contributed by atoms with E-state index in [4.69, 9.17) is 5.11 Å². The molecule has 0 spiro atoms. The summed E-state index contributed by atoms with van der Waals surface area (Å²) >= 11 is 0. The topological polar surface area (TPSA) is 71.8 Å². The van der Waals surface area contributed by atoms with E-state index in [1.807, 2.05) is 0 Å². The van der Waals surface area contributed by atoms with E-state index in [1.54, 1.807) is 0 Å². The van der Waals surface area contributed by atoms with Gasteiger partial charge in [0.15, 0.2) is 0 Å². The summed E-state index contributed by atoms with van der Waals surface area (Å²) in [5, 5.41) is 17.7. The Bertz CT molecular complexity index is 41.9. The summed E-state index contributed by atoms with van der Waals surface area (Å²) < 4.78 is 0. The van der Waals surface area contributed by atoms with E-state index in [9.17, 15) is 5.21 Å². The molecule has 1 atom stereocenters. The van der Waals surface area contributed by atoms with Crippen molar-refractivity contribution in [3.8, 4) is 0 Å². The van der Waals surface area contributed by atoms with Crippen LogP contribution in [0.4, 0.5) is 0 Å². The Kier molecular flexibility index (Phi) is 3.86. The lowest BCUT2D eigenvalue weighted by Gasteiger charge is -2.17. The van der Waals surface area contributed by atoms with Crippen molar-refractivity contribution in [1.82, 2.24) is 10.9 Å². The maximum atomic E-state index is 10.0. The molecule has 4 N–H and O–H groups in total. The Balaban J connectivity index is 2.83. The molecule has 0 bridgehead atoms. The second-order valence-electron chi connectivity index (χ2n) is 0.914. The van der Waals surface area contributed by atoms with E-state index in [-0.39, 0.29) is 12.0 Å². The molecular weight excluding hydrogens is 98.0 g/mol. The van der Waals surface area contributed by atoms with Crippen molar-refractivity contribution in [1.29, 1.82) is 0 Å². The minimum absolute atomic E-state index is 0.320.